The molecule has 0 bridgehead atoms. The van der Waals surface area contributed by atoms with Gasteiger partial charge in [0.15, 0.2) is 0 Å². The van der Waals surface area contributed by atoms with Crippen LogP contribution >= 0.6 is 0 Å². The maximum atomic E-state index is 13.3. The van der Waals surface area contributed by atoms with Crippen LogP contribution in [0.5, 0.6) is 5.75 Å². The molecule has 0 radical (unpaired) electrons. The molecule has 2 rings (SSSR count). The number of aromatic hydroxyl groups is 1. The van der Waals surface area contributed by atoms with E-state index in [0.29, 0.717) is 18.7 Å². The van der Waals surface area contributed by atoms with E-state index in [2.05, 4.69) is 17.0 Å². The summed E-state index contributed by atoms with van der Waals surface area (Å²) in [5.41, 5.74) is 7.37. The molecule has 3 nitrogen and oxygen atoms in total. The third-order valence-corrected chi connectivity index (χ3v) is 3.36. The number of hydrogen-bond acceptors (Lipinski definition) is 3. The Balaban J connectivity index is 2.10. The van der Waals surface area contributed by atoms with Crippen molar-refractivity contribution in [3.05, 3.63) is 65.5 Å². The van der Waals surface area contributed by atoms with E-state index >= 15 is 0 Å². The van der Waals surface area contributed by atoms with Gasteiger partial charge in [-0.05, 0) is 36.7 Å². The maximum absolute atomic E-state index is 13.3. The minimum atomic E-state index is -0.332. The SMILES string of the molecule is NCCCN(Cc1ccccc1)Cc1cc(F)ccc1O. The highest BCUT2D eigenvalue weighted by Crippen LogP contribution is 2.20. The summed E-state index contributed by atoms with van der Waals surface area (Å²) in [4.78, 5) is 2.16. The molecule has 0 fully saturated rings. The van der Waals surface area contributed by atoms with Gasteiger partial charge in [0, 0.05) is 25.2 Å². The van der Waals surface area contributed by atoms with Crippen molar-refractivity contribution in [2.75, 3.05) is 13.1 Å². The predicted molar refractivity (Wildman–Crippen MR) is 82.3 cm³/mol. The highest BCUT2D eigenvalue weighted by atomic mass is 19.1. The maximum Gasteiger partial charge on any atom is 0.123 e. The molecule has 0 spiro atoms. The van der Waals surface area contributed by atoms with Gasteiger partial charge in [0.25, 0.3) is 0 Å². The number of nitrogens with zero attached hydrogens (tertiary/aromatic N) is 1. The van der Waals surface area contributed by atoms with Crippen LogP contribution in [0.1, 0.15) is 17.5 Å². The number of rotatable bonds is 7. The molecule has 0 amide bonds. The highest BCUT2D eigenvalue weighted by Gasteiger charge is 2.10. The Hall–Kier alpha value is -1.91. The Labute approximate surface area is 124 Å². The topological polar surface area (TPSA) is 49.5 Å². The average Bonchev–Trinajstić information content (AvgIpc) is 2.49. The average molecular weight is 288 g/mol. The van der Waals surface area contributed by atoms with E-state index in [4.69, 9.17) is 5.73 Å². The molecule has 0 aliphatic rings. The zero-order chi connectivity index (χ0) is 15.1. The van der Waals surface area contributed by atoms with Crippen LogP contribution in [0.15, 0.2) is 48.5 Å². The molecular weight excluding hydrogens is 267 g/mol. The first-order valence-corrected chi connectivity index (χ1v) is 7.13. The van der Waals surface area contributed by atoms with E-state index in [0.717, 1.165) is 19.5 Å². The zero-order valence-electron chi connectivity index (χ0n) is 12.0. The number of phenolic OH excluding ortho intramolecular Hbond substituents is 1. The van der Waals surface area contributed by atoms with E-state index in [-0.39, 0.29) is 11.6 Å². The molecule has 0 saturated carbocycles. The predicted octanol–water partition coefficient (Wildman–Crippen LogP) is 2.88. The highest BCUT2D eigenvalue weighted by molar-refractivity contribution is 5.32. The Kier molecular flexibility index (Phi) is 5.72. The van der Waals surface area contributed by atoms with Crippen LogP contribution in [0.2, 0.25) is 0 Å². The van der Waals surface area contributed by atoms with Crippen molar-refractivity contribution in [3.8, 4) is 5.75 Å². The molecule has 4 heteroatoms. The quantitative estimate of drug-likeness (QED) is 0.823. The minimum absolute atomic E-state index is 0.127. The van der Waals surface area contributed by atoms with Crippen molar-refractivity contribution in [1.29, 1.82) is 0 Å². The van der Waals surface area contributed by atoms with Crippen molar-refractivity contribution in [2.24, 2.45) is 5.73 Å². The molecule has 0 aliphatic carbocycles. The number of benzene rings is 2. The van der Waals surface area contributed by atoms with Gasteiger partial charge >= 0.3 is 0 Å². The standard InChI is InChI=1S/C17H21FN2O/c18-16-7-8-17(21)15(11-16)13-20(10-4-9-19)12-14-5-2-1-3-6-14/h1-3,5-8,11,21H,4,9-10,12-13,19H2. The lowest BCUT2D eigenvalue weighted by atomic mass is 10.1. The second-order valence-corrected chi connectivity index (χ2v) is 5.11. The molecule has 2 aromatic carbocycles. The lowest BCUT2D eigenvalue weighted by Crippen LogP contribution is -2.25. The summed E-state index contributed by atoms with van der Waals surface area (Å²) in [6.07, 6.45) is 0.864. The van der Waals surface area contributed by atoms with Crippen molar-refractivity contribution < 1.29 is 9.50 Å². The van der Waals surface area contributed by atoms with Crippen LogP contribution < -0.4 is 5.73 Å². The molecule has 2 aromatic rings. The number of halogens is 1. The Bertz CT molecular complexity index is 560. The van der Waals surface area contributed by atoms with Crippen molar-refractivity contribution in [2.45, 2.75) is 19.5 Å². The molecule has 21 heavy (non-hydrogen) atoms. The van der Waals surface area contributed by atoms with Crippen LogP contribution in [0.3, 0.4) is 0 Å². The lowest BCUT2D eigenvalue weighted by molar-refractivity contribution is 0.251. The van der Waals surface area contributed by atoms with Gasteiger partial charge in [-0.2, -0.15) is 0 Å². The van der Waals surface area contributed by atoms with E-state index in [1.807, 2.05) is 18.2 Å². The van der Waals surface area contributed by atoms with Gasteiger partial charge in [0.05, 0.1) is 0 Å². The summed E-state index contributed by atoms with van der Waals surface area (Å²) < 4.78 is 13.3. The first-order chi connectivity index (χ1) is 10.2. The monoisotopic (exact) mass is 288 g/mol. The van der Waals surface area contributed by atoms with Crippen LogP contribution in [0, 0.1) is 5.82 Å². The number of hydrogen-bond donors (Lipinski definition) is 2. The van der Waals surface area contributed by atoms with Gasteiger partial charge in [-0.3, -0.25) is 4.90 Å². The van der Waals surface area contributed by atoms with Gasteiger partial charge in [0.1, 0.15) is 11.6 Å². The van der Waals surface area contributed by atoms with E-state index in [1.54, 1.807) is 0 Å². The molecule has 0 aliphatic heterocycles. The van der Waals surface area contributed by atoms with Gasteiger partial charge in [-0.15, -0.1) is 0 Å². The number of nitrogens with two attached hydrogens (primary N) is 1. The molecule has 0 saturated heterocycles. The Morgan fingerprint density at radius 3 is 2.52 bits per heavy atom. The van der Waals surface area contributed by atoms with Crippen molar-refractivity contribution in [1.82, 2.24) is 4.90 Å². The van der Waals surface area contributed by atoms with Crippen LogP contribution in [0.4, 0.5) is 4.39 Å². The Morgan fingerprint density at radius 1 is 1.05 bits per heavy atom. The smallest absolute Gasteiger partial charge is 0.123 e. The van der Waals surface area contributed by atoms with Crippen LogP contribution in [0.25, 0.3) is 0 Å². The zero-order valence-corrected chi connectivity index (χ0v) is 12.0. The summed E-state index contributed by atoms with van der Waals surface area (Å²) in [7, 11) is 0. The van der Waals surface area contributed by atoms with E-state index in [9.17, 15) is 9.50 Å². The molecule has 0 heterocycles. The summed E-state index contributed by atoms with van der Waals surface area (Å²) in [5.74, 6) is -0.205. The minimum Gasteiger partial charge on any atom is -0.508 e. The first kappa shape index (κ1) is 15.5. The molecule has 112 valence electrons. The fraction of sp³-hybridized carbons (Fsp3) is 0.294. The van der Waals surface area contributed by atoms with Gasteiger partial charge in [-0.25, -0.2) is 4.39 Å². The third kappa shape index (κ3) is 4.85. The summed E-state index contributed by atoms with van der Waals surface area (Å²) in [6, 6.07) is 14.1. The molecule has 3 N–H and O–H groups in total. The van der Waals surface area contributed by atoms with E-state index in [1.165, 1.54) is 23.8 Å². The van der Waals surface area contributed by atoms with Crippen molar-refractivity contribution >= 4 is 0 Å². The van der Waals surface area contributed by atoms with E-state index < -0.39 is 0 Å². The van der Waals surface area contributed by atoms with Crippen LogP contribution in [-0.2, 0) is 13.1 Å². The Morgan fingerprint density at radius 2 is 1.81 bits per heavy atom. The fourth-order valence-electron chi connectivity index (χ4n) is 2.29. The molecular formula is C17H21FN2O. The first-order valence-electron chi connectivity index (χ1n) is 7.13. The van der Waals surface area contributed by atoms with Gasteiger partial charge in [-0.1, -0.05) is 30.3 Å². The summed E-state index contributed by atoms with van der Waals surface area (Å²) in [5, 5.41) is 9.86. The third-order valence-electron chi connectivity index (χ3n) is 3.36. The second kappa shape index (κ2) is 7.76. The van der Waals surface area contributed by atoms with Crippen LogP contribution in [-0.4, -0.2) is 23.1 Å². The molecule has 0 aromatic heterocycles. The van der Waals surface area contributed by atoms with Crippen molar-refractivity contribution in [3.63, 3.8) is 0 Å². The fourth-order valence-corrected chi connectivity index (χ4v) is 2.29. The molecule has 0 atom stereocenters. The van der Waals surface area contributed by atoms with Gasteiger partial charge in [0.2, 0.25) is 0 Å². The normalized spacial score (nSPS) is 11.0. The molecule has 0 unspecified atom stereocenters. The largest absolute Gasteiger partial charge is 0.508 e. The summed E-state index contributed by atoms with van der Waals surface area (Å²) >= 11 is 0. The number of phenols is 1. The second-order valence-electron chi connectivity index (χ2n) is 5.11. The lowest BCUT2D eigenvalue weighted by Gasteiger charge is -2.23. The summed E-state index contributed by atoms with van der Waals surface area (Å²) in [6.45, 7) is 2.66. The van der Waals surface area contributed by atoms with Gasteiger partial charge < -0.3 is 10.8 Å².